The number of hydrogen-bond acceptors (Lipinski definition) is 2. The van der Waals surface area contributed by atoms with Gasteiger partial charge in [-0.25, -0.2) is 0 Å². The number of carbonyl (C=O) groups is 2. The summed E-state index contributed by atoms with van der Waals surface area (Å²) in [7, 11) is 0. The average Bonchev–Trinajstić information content (AvgIpc) is 2.46. The molecular formula is C15H19NO3. The van der Waals surface area contributed by atoms with Crippen molar-refractivity contribution < 1.29 is 14.7 Å². The minimum atomic E-state index is -0.688. The molecule has 0 heterocycles. The van der Waals surface area contributed by atoms with Crippen LogP contribution in [0.15, 0.2) is 30.3 Å². The van der Waals surface area contributed by atoms with Crippen molar-refractivity contribution in [2.45, 2.75) is 25.7 Å². The Morgan fingerprint density at radius 2 is 1.74 bits per heavy atom. The van der Waals surface area contributed by atoms with Gasteiger partial charge in [-0.2, -0.15) is 0 Å². The smallest absolute Gasteiger partial charge is 0.306 e. The van der Waals surface area contributed by atoms with Crippen LogP contribution in [0.25, 0.3) is 0 Å². The highest BCUT2D eigenvalue weighted by molar-refractivity contribution is 5.94. The lowest BCUT2D eigenvalue weighted by atomic mass is 9.82. The molecular weight excluding hydrogens is 242 g/mol. The van der Waals surface area contributed by atoms with Crippen LogP contribution in [0, 0.1) is 11.8 Å². The maximum absolute atomic E-state index is 11.9. The second-order valence-electron chi connectivity index (χ2n) is 5.13. The molecule has 0 aliphatic heterocycles. The predicted octanol–water partition coefficient (Wildman–Crippen LogP) is 2.31. The molecule has 2 N–H and O–H groups in total. The minimum Gasteiger partial charge on any atom is -0.481 e. The van der Waals surface area contributed by atoms with Crippen LogP contribution in [-0.2, 0) is 4.79 Å². The topological polar surface area (TPSA) is 66.4 Å². The van der Waals surface area contributed by atoms with Crippen molar-refractivity contribution in [1.29, 1.82) is 0 Å². The fourth-order valence-corrected chi connectivity index (χ4v) is 2.54. The van der Waals surface area contributed by atoms with E-state index >= 15 is 0 Å². The molecule has 0 spiro atoms. The van der Waals surface area contributed by atoms with Crippen molar-refractivity contribution in [3.8, 4) is 0 Å². The number of nitrogens with one attached hydrogen (secondary N) is 1. The van der Waals surface area contributed by atoms with Gasteiger partial charge in [-0.3, -0.25) is 9.59 Å². The number of carbonyl (C=O) groups excluding carboxylic acids is 1. The van der Waals surface area contributed by atoms with E-state index in [9.17, 15) is 9.59 Å². The van der Waals surface area contributed by atoms with Crippen molar-refractivity contribution in [3.05, 3.63) is 35.9 Å². The summed E-state index contributed by atoms with van der Waals surface area (Å²) in [5.74, 6) is -0.530. The lowest BCUT2D eigenvalue weighted by Gasteiger charge is -2.26. The highest BCUT2D eigenvalue weighted by Crippen LogP contribution is 2.28. The largest absolute Gasteiger partial charge is 0.481 e. The van der Waals surface area contributed by atoms with Crippen molar-refractivity contribution in [2.75, 3.05) is 6.54 Å². The molecule has 1 aliphatic carbocycles. The van der Waals surface area contributed by atoms with Gasteiger partial charge in [0.2, 0.25) is 0 Å². The monoisotopic (exact) mass is 261 g/mol. The first kappa shape index (κ1) is 13.6. The molecule has 0 radical (unpaired) electrons. The highest BCUT2D eigenvalue weighted by Gasteiger charge is 2.25. The predicted molar refractivity (Wildman–Crippen MR) is 71.9 cm³/mol. The normalized spacial score (nSPS) is 22.7. The minimum absolute atomic E-state index is 0.0547. The summed E-state index contributed by atoms with van der Waals surface area (Å²) >= 11 is 0. The van der Waals surface area contributed by atoms with Gasteiger partial charge in [-0.05, 0) is 43.7 Å². The van der Waals surface area contributed by atoms with E-state index in [1.807, 2.05) is 18.2 Å². The lowest BCUT2D eigenvalue weighted by molar-refractivity contribution is -0.143. The molecule has 1 amide bonds. The zero-order valence-corrected chi connectivity index (χ0v) is 10.8. The molecule has 1 aliphatic rings. The van der Waals surface area contributed by atoms with E-state index in [-0.39, 0.29) is 11.8 Å². The third-order valence-corrected chi connectivity index (χ3v) is 3.78. The van der Waals surface area contributed by atoms with E-state index in [1.54, 1.807) is 12.1 Å². The first-order chi connectivity index (χ1) is 9.16. The summed E-state index contributed by atoms with van der Waals surface area (Å²) in [5, 5.41) is 11.8. The van der Waals surface area contributed by atoms with Crippen LogP contribution in [0.4, 0.5) is 0 Å². The van der Waals surface area contributed by atoms with Crippen LogP contribution < -0.4 is 5.32 Å². The highest BCUT2D eigenvalue weighted by atomic mass is 16.4. The van der Waals surface area contributed by atoms with Gasteiger partial charge in [0.25, 0.3) is 5.91 Å². The van der Waals surface area contributed by atoms with Crippen LogP contribution >= 0.6 is 0 Å². The summed E-state index contributed by atoms with van der Waals surface area (Å²) in [4.78, 5) is 22.7. The van der Waals surface area contributed by atoms with Crippen molar-refractivity contribution in [1.82, 2.24) is 5.32 Å². The van der Waals surface area contributed by atoms with Gasteiger partial charge in [0.15, 0.2) is 0 Å². The first-order valence-electron chi connectivity index (χ1n) is 6.73. The summed E-state index contributed by atoms with van der Waals surface area (Å²) in [6.07, 6.45) is 3.21. The lowest BCUT2D eigenvalue weighted by Crippen LogP contribution is -2.32. The van der Waals surface area contributed by atoms with Gasteiger partial charge in [0.1, 0.15) is 0 Å². The molecule has 102 valence electrons. The molecule has 4 nitrogen and oxygen atoms in total. The maximum Gasteiger partial charge on any atom is 0.306 e. The van der Waals surface area contributed by atoms with Gasteiger partial charge in [0.05, 0.1) is 5.92 Å². The van der Waals surface area contributed by atoms with Gasteiger partial charge in [-0.15, -0.1) is 0 Å². The summed E-state index contributed by atoms with van der Waals surface area (Å²) in [5.41, 5.74) is 0.668. The third-order valence-electron chi connectivity index (χ3n) is 3.78. The maximum atomic E-state index is 11.9. The van der Waals surface area contributed by atoms with Crippen molar-refractivity contribution in [3.63, 3.8) is 0 Å². The van der Waals surface area contributed by atoms with E-state index in [0.717, 1.165) is 25.7 Å². The second kappa shape index (κ2) is 6.36. The Morgan fingerprint density at radius 3 is 2.32 bits per heavy atom. The number of benzene rings is 1. The van der Waals surface area contributed by atoms with Gasteiger partial charge in [0, 0.05) is 12.1 Å². The molecule has 19 heavy (non-hydrogen) atoms. The summed E-state index contributed by atoms with van der Waals surface area (Å²) in [6.45, 7) is 0.639. The fourth-order valence-electron chi connectivity index (χ4n) is 2.54. The Morgan fingerprint density at radius 1 is 1.11 bits per heavy atom. The molecule has 0 unspecified atom stereocenters. The fraction of sp³-hybridized carbons (Fsp3) is 0.467. The molecule has 4 heteroatoms. The molecule has 0 saturated heterocycles. The SMILES string of the molecule is O=C(NCC1CCC(C(=O)O)CC1)c1ccccc1. The number of carboxylic acids is 1. The molecule has 1 fully saturated rings. The molecule has 0 aromatic heterocycles. The molecule has 2 rings (SSSR count). The molecule has 0 bridgehead atoms. The number of hydrogen-bond donors (Lipinski definition) is 2. The van der Waals surface area contributed by atoms with Crippen LogP contribution in [0.2, 0.25) is 0 Å². The van der Waals surface area contributed by atoms with E-state index in [2.05, 4.69) is 5.32 Å². The third kappa shape index (κ3) is 3.81. The molecule has 0 atom stereocenters. The van der Waals surface area contributed by atoms with Crippen LogP contribution in [0.3, 0.4) is 0 Å². The van der Waals surface area contributed by atoms with E-state index in [1.165, 1.54) is 0 Å². The zero-order chi connectivity index (χ0) is 13.7. The Balaban J connectivity index is 1.75. The Labute approximate surface area is 112 Å². The van der Waals surface area contributed by atoms with Crippen molar-refractivity contribution >= 4 is 11.9 Å². The van der Waals surface area contributed by atoms with E-state index in [0.29, 0.717) is 18.0 Å². The standard InChI is InChI=1S/C15H19NO3/c17-14(12-4-2-1-3-5-12)16-10-11-6-8-13(9-7-11)15(18)19/h1-5,11,13H,6-10H2,(H,16,17)(H,18,19). The molecule has 1 aromatic rings. The van der Waals surface area contributed by atoms with Gasteiger partial charge < -0.3 is 10.4 Å². The van der Waals surface area contributed by atoms with E-state index in [4.69, 9.17) is 5.11 Å². The van der Waals surface area contributed by atoms with Crippen molar-refractivity contribution in [2.24, 2.45) is 11.8 Å². The van der Waals surface area contributed by atoms with Crippen LogP contribution in [0.5, 0.6) is 0 Å². The number of aliphatic carboxylic acids is 1. The number of rotatable bonds is 4. The van der Waals surface area contributed by atoms with Gasteiger partial charge >= 0.3 is 5.97 Å². The second-order valence-corrected chi connectivity index (χ2v) is 5.13. The Hall–Kier alpha value is -1.84. The Bertz CT molecular complexity index is 436. The zero-order valence-electron chi connectivity index (χ0n) is 10.8. The van der Waals surface area contributed by atoms with Crippen LogP contribution in [-0.4, -0.2) is 23.5 Å². The first-order valence-corrected chi connectivity index (χ1v) is 6.73. The summed E-state index contributed by atoms with van der Waals surface area (Å²) in [6, 6.07) is 9.14. The average molecular weight is 261 g/mol. The molecule has 1 aromatic carbocycles. The van der Waals surface area contributed by atoms with E-state index < -0.39 is 5.97 Å². The molecule has 1 saturated carbocycles. The Kier molecular flexibility index (Phi) is 4.55. The quantitative estimate of drug-likeness (QED) is 0.874. The number of amides is 1. The summed E-state index contributed by atoms with van der Waals surface area (Å²) < 4.78 is 0. The van der Waals surface area contributed by atoms with Crippen LogP contribution in [0.1, 0.15) is 36.0 Å². The number of carboxylic acid groups (broad SMARTS) is 1. The van der Waals surface area contributed by atoms with Gasteiger partial charge in [-0.1, -0.05) is 18.2 Å².